The quantitative estimate of drug-likeness (QED) is 0.527. The average Bonchev–Trinajstić information content (AvgIpc) is 2.17. The second-order valence-corrected chi connectivity index (χ2v) is 2.75. The van der Waals surface area contributed by atoms with E-state index in [1.807, 2.05) is 6.07 Å². The summed E-state index contributed by atoms with van der Waals surface area (Å²) in [4.78, 5) is 14.9. The monoisotopic (exact) mass is 187 g/mol. The van der Waals surface area contributed by atoms with E-state index in [0.29, 0.717) is 11.1 Å². The highest BCUT2D eigenvalue weighted by atomic mass is 16.1. The van der Waals surface area contributed by atoms with Gasteiger partial charge in [0, 0.05) is 5.56 Å². The summed E-state index contributed by atoms with van der Waals surface area (Å²) in [5.74, 6) is -0.172. The summed E-state index contributed by atoms with van der Waals surface area (Å²) >= 11 is 0. The van der Waals surface area contributed by atoms with Crippen molar-refractivity contribution in [2.75, 3.05) is 0 Å². The van der Waals surface area contributed by atoms with Crippen LogP contribution in [0.4, 0.5) is 0 Å². The lowest BCUT2D eigenvalue weighted by molar-refractivity contribution is 0.100. The van der Waals surface area contributed by atoms with Crippen LogP contribution in [0, 0.1) is 11.3 Å². The number of amides is 1. The van der Waals surface area contributed by atoms with Gasteiger partial charge in [0.15, 0.2) is 0 Å². The van der Waals surface area contributed by atoms with Crippen LogP contribution in [0.5, 0.6) is 0 Å². The van der Waals surface area contributed by atoms with Crippen molar-refractivity contribution >= 4 is 11.7 Å². The number of hydrogen-bond acceptors (Lipinski definition) is 2. The SMILES string of the molecule is CC(N)=NC(=O)c1ccc(C#N)cc1. The van der Waals surface area contributed by atoms with Gasteiger partial charge in [-0.15, -0.1) is 0 Å². The molecule has 0 aliphatic heterocycles. The predicted octanol–water partition coefficient (Wildman–Crippen LogP) is 1.08. The maximum atomic E-state index is 11.3. The number of nitrogens with zero attached hydrogens (tertiary/aromatic N) is 2. The fraction of sp³-hybridized carbons (Fsp3) is 0.100. The zero-order valence-electron chi connectivity index (χ0n) is 7.69. The Morgan fingerprint density at radius 1 is 1.43 bits per heavy atom. The molecule has 1 rings (SSSR count). The van der Waals surface area contributed by atoms with E-state index in [0.717, 1.165) is 0 Å². The molecule has 0 unspecified atom stereocenters. The second-order valence-electron chi connectivity index (χ2n) is 2.75. The second kappa shape index (κ2) is 4.19. The van der Waals surface area contributed by atoms with Gasteiger partial charge in [-0.3, -0.25) is 4.79 Å². The van der Waals surface area contributed by atoms with Crippen LogP contribution in [-0.2, 0) is 0 Å². The first-order valence-corrected chi connectivity index (χ1v) is 3.98. The summed E-state index contributed by atoms with van der Waals surface area (Å²) in [7, 11) is 0. The Kier molecular flexibility index (Phi) is 2.97. The van der Waals surface area contributed by atoms with Crippen LogP contribution in [-0.4, -0.2) is 11.7 Å². The lowest BCUT2D eigenvalue weighted by Crippen LogP contribution is -2.09. The average molecular weight is 187 g/mol. The third-order valence-corrected chi connectivity index (χ3v) is 1.54. The van der Waals surface area contributed by atoms with Crippen LogP contribution in [0.3, 0.4) is 0 Å². The molecular weight excluding hydrogens is 178 g/mol. The number of carbonyl (C=O) groups is 1. The van der Waals surface area contributed by atoms with Crippen LogP contribution in [0.25, 0.3) is 0 Å². The number of amidine groups is 1. The minimum Gasteiger partial charge on any atom is -0.387 e. The number of carbonyl (C=O) groups excluding carboxylic acids is 1. The Hall–Kier alpha value is -2.15. The molecule has 0 saturated heterocycles. The largest absolute Gasteiger partial charge is 0.387 e. The number of rotatable bonds is 1. The summed E-state index contributed by atoms with van der Waals surface area (Å²) in [5.41, 5.74) is 6.20. The van der Waals surface area contributed by atoms with Gasteiger partial charge in [-0.1, -0.05) is 0 Å². The van der Waals surface area contributed by atoms with Crippen LogP contribution >= 0.6 is 0 Å². The van der Waals surface area contributed by atoms with E-state index in [9.17, 15) is 4.79 Å². The lowest BCUT2D eigenvalue weighted by Gasteiger charge is -1.95. The smallest absolute Gasteiger partial charge is 0.278 e. The van der Waals surface area contributed by atoms with Gasteiger partial charge in [-0.05, 0) is 31.2 Å². The third kappa shape index (κ3) is 2.42. The van der Waals surface area contributed by atoms with Gasteiger partial charge < -0.3 is 5.73 Å². The fourth-order valence-corrected chi connectivity index (χ4v) is 0.912. The van der Waals surface area contributed by atoms with Crippen LogP contribution in [0.15, 0.2) is 29.3 Å². The first-order valence-electron chi connectivity index (χ1n) is 3.98. The normalized spacial score (nSPS) is 10.7. The van der Waals surface area contributed by atoms with Crippen molar-refractivity contribution in [1.82, 2.24) is 0 Å². The van der Waals surface area contributed by atoms with Gasteiger partial charge >= 0.3 is 0 Å². The molecule has 4 heteroatoms. The van der Waals surface area contributed by atoms with E-state index in [2.05, 4.69) is 4.99 Å². The Labute approximate surface area is 81.7 Å². The van der Waals surface area contributed by atoms with Crippen molar-refractivity contribution < 1.29 is 4.79 Å². The maximum absolute atomic E-state index is 11.3. The van der Waals surface area contributed by atoms with Crippen molar-refractivity contribution in [3.05, 3.63) is 35.4 Å². The molecule has 14 heavy (non-hydrogen) atoms. The van der Waals surface area contributed by atoms with Crippen molar-refractivity contribution in [1.29, 1.82) is 5.26 Å². The van der Waals surface area contributed by atoms with E-state index in [1.54, 1.807) is 31.2 Å². The van der Waals surface area contributed by atoms with E-state index in [-0.39, 0.29) is 5.84 Å². The van der Waals surface area contributed by atoms with Gasteiger partial charge in [-0.25, -0.2) is 0 Å². The van der Waals surface area contributed by atoms with Crippen molar-refractivity contribution in [2.24, 2.45) is 10.7 Å². The molecule has 2 N–H and O–H groups in total. The highest BCUT2D eigenvalue weighted by molar-refractivity contribution is 6.02. The number of benzene rings is 1. The first kappa shape index (κ1) is 9.93. The van der Waals surface area contributed by atoms with Crippen LogP contribution in [0.1, 0.15) is 22.8 Å². The summed E-state index contributed by atoms with van der Waals surface area (Å²) in [6.07, 6.45) is 0. The highest BCUT2D eigenvalue weighted by Crippen LogP contribution is 2.04. The Morgan fingerprint density at radius 3 is 2.43 bits per heavy atom. The summed E-state index contributed by atoms with van der Waals surface area (Å²) in [6.45, 7) is 1.54. The summed E-state index contributed by atoms with van der Waals surface area (Å²) < 4.78 is 0. The van der Waals surface area contributed by atoms with Gasteiger partial charge in [-0.2, -0.15) is 10.3 Å². The standard InChI is InChI=1S/C10H9N3O/c1-7(12)13-10(14)9-4-2-8(6-11)3-5-9/h2-5H,1H3,(H2,12,13,14). The molecule has 0 bridgehead atoms. The third-order valence-electron chi connectivity index (χ3n) is 1.54. The van der Waals surface area contributed by atoms with E-state index >= 15 is 0 Å². The molecule has 1 aromatic rings. The van der Waals surface area contributed by atoms with Gasteiger partial charge in [0.05, 0.1) is 11.6 Å². The first-order chi connectivity index (χ1) is 6.63. The van der Waals surface area contributed by atoms with E-state index in [1.165, 1.54) is 0 Å². The molecule has 1 aromatic carbocycles. The molecule has 0 radical (unpaired) electrons. The summed E-state index contributed by atoms with van der Waals surface area (Å²) in [5, 5.41) is 8.53. The highest BCUT2D eigenvalue weighted by Gasteiger charge is 2.02. The molecule has 1 amide bonds. The molecule has 0 atom stereocenters. The Bertz CT molecular complexity index is 408. The molecular formula is C10H9N3O. The van der Waals surface area contributed by atoms with Gasteiger partial charge in [0.1, 0.15) is 5.84 Å². The van der Waals surface area contributed by atoms with Gasteiger partial charge in [0.25, 0.3) is 5.91 Å². The number of nitriles is 1. The van der Waals surface area contributed by atoms with Crippen molar-refractivity contribution in [3.8, 4) is 6.07 Å². The minimum absolute atomic E-state index is 0.222. The van der Waals surface area contributed by atoms with E-state index < -0.39 is 5.91 Å². The number of aliphatic imine (C=N–C) groups is 1. The molecule has 0 aliphatic rings. The van der Waals surface area contributed by atoms with Crippen LogP contribution < -0.4 is 5.73 Å². The predicted molar refractivity (Wildman–Crippen MR) is 52.8 cm³/mol. The zero-order valence-corrected chi connectivity index (χ0v) is 7.69. The van der Waals surface area contributed by atoms with Crippen molar-refractivity contribution in [2.45, 2.75) is 6.92 Å². The fourth-order valence-electron chi connectivity index (χ4n) is 0.912. The molecule has 0 saturated carbocycles. The Morgan fingerprint density at radius 2 is 2.00 bits per heavy atom. The molecule has 0 aliphatic carbocycles. The van der Waals surface area contributed by atoms with Gasteiger partial charge in [0.2, 0.25) is 0 Å². The van der Waals surface area contributed by atoms with Crippen LogP contribution in [0.2, 0.25) is 0 Å². The molecule has 0 heterocycles. The number of nitrogens with two attached hydrogens (primary N) is 1. The zero-order chi connectivity index (χ0) is 10.6. The Balaban J connectivity index is 2.94. The lowest BCUT2D eigenvalue weighted by atomic mass is 10.1. The summed E-state index contributed by atoms with van der Waals surface area (Å²) in [6, 6.07) is 8.19. The maximum Gasteiger partial charge on any atom is 0.278 e. The molecule has 0 spiro atoms. The van der Waals surface area contributed by atoms with E-state index in [4.69, 9.17) is 11.0 Å². The molecule has 4 nitrogen and oxygen atoms in total. The molecule has 70 valence electrons. The molecule has 0 fully saturated rings. The van der Waals surface area contributed by atoms with Crippen molar-refractivity contribution in [3.63, 3.8) is 0 Å². The molecule has 0 aromatic heterocycles. The minimum atomic E-state index is -0.394. The number of hydrogen-bond donors (Lipinski definition) is 1. The topological polar surface area (TPSA) is 79.2 Å².